The van der Waals surface area contributed by atoms with Crippen LogP contribution in [0.15, 0.2) is 77.5 Å². The van der Waals surface area contributed by atoms with Crippen molar-refractivity contribution in [2.45, 2.75) is 0 Å². The quantitative estimate of drug-likeness (QED) is 0.465. The third-order valence-electron chi connectivity index (χ3n) is 4.45. The zero-order valence-corrected chi connectivity index (χ0v) is 15.6. The number of rotatable bonds is 3. The van der Waals surface area contributed by atoms with Crippen molar-refractivity contribution < 1.29 is 0 Å². The average molecular weight is 417 g/mol. The van der Waals surface area contributed by atoms with Crippen molar-refractivity contribution in [3.8, 4) is 28.2 Å². The lowest BCUT2D eigenvalue weighted by molar-refractivity contribution is 0.881. The number of aromatic nitrogens is 6. The zero-order valence-electron chi connectivity index (χ0n) is 14.0. The van der Waals surface area contributed by atoms with E-state index in [1.807, 2.05) is 36.7 Å². The second-order valence-electron chi connectivity index (χ2n) is 6.11. The van der Waals surface area contributed by atoms with Crippen molar-refractivity contribution >= 4 is 27.0 Å². The fraction of sp³-hybridized carbons (Fsp3) is 0. The molecule has 0 radical (unpaired) electrons. The number of hydrogen-bond donors (Lipinski definition) is 1. The summed E-state index contributed by atoms with van der Waals surface area (Å²) in [5.74, 6) is 0.563. The monoisotopic (exact) mass is 416 g/mol. The number of H-pyrrole nitrogens is 1. The Bertz CT molecular complexity index is 1230. The number of hydrogen-bond acceptors (Lipinski definition) is 4. The summed E-state index contributed by atoms with van der Waals surface area (Å²) >= 11 is 3.48. The Morgan fingerprint density at radius 3 is 2.52 bits per heavy atom. The minimum atomic E-state index is 0.563. The normalized spacial score (nSPS) is 11.1. The first-order chi connectivity index (χ1) is 13.3. The van der Waals surface area contributed by atoms with Crippen LogP contribution < -0.4 is 0 Å². The molecule has 0 atom stereocenters. The van der Waals surface area contributed by atoms with E-state index in [4.69, 9.17) is 0 Å². The topological polar surface area (TPSA) is 72.3 Å². The van der Waals surface area contributed by atoms with Gasteiger partial charge in [-0.1, -0.05) is 40.2 Å². The molecule has 2 heterocycles. The van der Waals surface area contributed by atoms with Gasteiger partial charge in [0.15, 0.2) is 0 Å². The summed E-state index contributed by atoms with van der Waals surface area (Å²) in [4.78, 5) is 4.52. The highest BCUT2D eigenvalue weighted by atomic mass is 79.9. The van der Waals surface area contributed by atoms with E-state index in [9.17, 15) is 0 Å². The summed E-state index contributed by atoms with van der Waals surface area (Å²) in [6.45, 7) is 0. The van der Waals surface area contributed by atoms with Crippen LogP contribution in [0.25, 0.3) is 39.2 Å². The number of halogens is 1. The maximum absolute atomic E-state index is 4.52. The van der Waals surface area contributed by atoms with E-state index in [0.717, 1.165) is 37.9 Å². The molecule has 7 heteroatoms. The van der Waals surface area contributed by atoms with Crippen molar-refractivity contribution in [3.63, 3.8) is 0 Å². The van der Waals surface area contributed by atoms with Gasteiger partial charge in [-0.05, 0) is 58.8 Å². The summed E-state index contributed by atoms with van der Waals surface area (Å²) in [6.07, 6.45) is 1.84. The van der Waals surface area contributed by atoms with Crippen LogP contribution in [-0.4, -0.2) is 30.2 Å². The number of tetrazole rings is 1. The number of benzene rings is 3. The number of aromatic amines is 1. The molecule has 1 N–H and O–H groups in total. The van der Waals surface area contributed by atoms with Crippen LogP contribution >= 0.6 is 15.9 Å². The highest BCUT2D eigenvalue weighted by molar-refractivity contribution is 9.10. The van der Waals surface area contributed by atoms with Crippen LogP contribution in [0.3, 0.4) is 0 Å². The number of imidazole rings is 1. The van der Waals surface area contributed by atoms with E-state index in [1.54, 1.807) is 0 Å². The van der Waals surface area contributed by atoms with Gasteiger partial charge in [0.2, 0.25) is 5.82 Å². The molecule has 0 aliphatic heterocycles. The van der Waals surface area contributed by atoms with Gasteiger partial charge in [-0.25, -0.2) is 4.98 Å². The van der Waals surface area contributed by atoms with Gasteiger partial charge in [-0.15, -0.1) is 10.2 Å². The van der Waals surface area contributed by atoms with E-state index in [0.29, 0.717) is 5.82 Å². The van der Waals surface area contributed by atoms with E-state index >= 15 is 0 Å². The molecule has 0 fully saturated rings. The van der Waals surface area contributed by atoms with Gasteiger partial charge in [0, 0.05) is 15.7 Å². The SMILES string of the molecule is Brc1ccc(-c2cccc(-n3cnc4ccc(-c5nn[nH]n5)cc43)c2)cc1. The Hall–Kier alpha value is -3.32. The summed E-state index contributed by atoms with van der Waals surface area (Å²) < 4.78 is 3.14. The molecule has 5 rings (SSSR count). The average Bonchev–Trinajstić information content (AvgIpc) is 3.38. The molecule has 0 aliphatic carbocycles. The minimum absolute atomic E-state index is 0.563. The molecule has 0 aliphatic rings. The summed E-state index contributed by atoms with van der Waals surface area (Å²) in [5.41, 5.74) is 6.15. The Morgan fingerprint density at radius 2 is 1.70 bits per heavy atom. The zero-order chi connectivity index (χ0) is 18.2. The predicted molar refractivity (Wildman–Crippen MR) is 107 cm³/mol. The van der Waals surface area contributed by atoms with Crippen molar-refractivity contribution in [2.24, 2.45) is 0 Å². The number of nitrogens with zero attached hydrogens (tertiary/aromatic N) is 5. The molecule has 130 valence electrons. The molecule has 0 unspecified atom stereocenters. The van der Waals surface area contributed by atoms with Crippen LogP contribution in [0.2, 0.25) is 0 Å². The molecule has 0 amide bonds. The van der Waals surface area contributed by atoms with Gasteiger partial charge in [0.1, 0.15) is 6.33 Å². The van der Waals surface area contributed by atoms with Crippen LogP contribution in [0.4, 0.5) is 0 Å². The lowest BCUT2D eigenvalue weighted by atomic mass is 10.1. The fourth-order valence-corrected chi connectivity index (χ4v) is 3.38. The maximum atomic E-state index is 4.52. The van der Waals surface area contributed by atoms with Crippen molar-refractivity contribution in [1.82, 2.24) is 30.2 Å². The third-order valence-corrected chi connectivity index (χ3v) is 4.98. The number of nitrogens with one attached hydrogen (secondary N) is 1. The second kappa shape index (κ2) is 6.44. The Kier molecular flexibility index (Phi) is 3.79. The maximum Gasteiger partial charge on any atom is 0.204 e. The van der Waals surface area contributed by atoms with E-state index in [1.165, 1.54) is 0 Å². The van der Waals surface area contributed by atoms with E-state index in [-0.39, 0.29) is 0 Å². The first-order valence-electron chi connectivity index (χ1n) is 8.35. The van der Waals surface area contributed by atoms with Crippen LogP contribution in [0.5, 0.6) is 0 Å². The Balaban J connectivity index is 1.62. The van der Waals surface area contributed by atoms with Crippen LogP contribution in [0, 0.1) is 0 Å². The molecular weight excluding hydrogens is 404 g/mol. The molecule has 0 spiro atoms. The van der Waals surface area contributed by atoms with Crippen molar-refractivity contribution in [2.75, 3.05) is 0 Å². The van der Waals surface area contributed by atoms with Crippen molar-refractivity contribution in [3.05, 3.63) is 77.5 Å². The first-order valence-corrected chi connectivity index (χ1v) is 9.14. The lowest BCUT2D eigenvalue weighted by Crippen LogP contribution is -1.93. The highest BCUT2D eigenvalue weighted by Crippen LogP contribution is 2.27. The van der Waals surface area contributed by atoms with Gasteiger partial charge in [-0.3, -0.25) is 4.57 Å². The largest absolute Gasteiger partial charge is 0.299 e. The van der Waals surface area contributed by atoms with E-state index in [2.05, 4.69) is 82.5 Å². The molecule has 0 saturated heterocycles. The molecular formula is C20H13BrN6. The highest BCUT2D eigenvalue weighted by Gasteiger charge is 2.10. The predicted octanol–water partition coefficient (Wildman–Crippen LogP) is 4.64. The molecule has 0 bridgehead atoms. The summed E-state index contributed by atoms with van der Waals surface area (Å²) in [5, 5.41) is 14.2. The standard InChI is InChI=1S/C20H13BrN6/c21-16-7-4-13(5-8-16)14-2-1-3-17(10-14)27-12-22-18-9-6-15(11-19(18)27)20-23-25-26-24-20/h1-12H,(H,23,24,25,26). The molecule has 3 aromatic carbocycles. The van der Waals surface area contributed by atoms with E-state index < -0.39 is 0 Å². The Labute approximate surface area is 163 Å². The van der Waals surface area contributed by atoms with Crippen molar-refractivity contribution in [1.29, 1.82) is 0 Å². The first kappa shape index (κ1) is 15.9. The van der Waals surface area contributed by atoms with Crippen LogP contribution in [-0.2, 0) is 0 Å². The molecule has 0 saturated carbocycles. The lowest BCUT2D eigenvalue weighted by Gasteiger charge is -2.08. The summed E-state index contributed by atoms with van der Waals surface area (Å²) in [6, 6.07) is 22.6. The van der Waals surface area contributed by atoms with Gasteiger partial charge < -0.3 is 0 Å². The van der Waals surface area contributed by atoms with Gasteiger partial charge >= 0.3 is 0 Å². The van der Waals surface area contributed by atoms with Gasteiger partial charge in [0.05, 0.1) is 11.0 Å². The Morgan fingerprint density at radius 1 is 0.852 bits per heavy atom. The molecule has 27 heavy (non-hydrogen) atoms. The summed E-state index contributed by atoms with van der Waals surface area (Å²) in [7, 11) is 0. The second-order valence-corrected chi connectivity index (χ2v) is 7.03. The van der Waals surface area contributed by atoms with Gasteiger partial charge in [0.25, 0.3) is 0 Å². The smallest absolute Gasteiger partial charge is 0.204 e. The minimum Gasteiger partial charge on any atom is -0.299 e. The third kappa shape index (κ3) is 2.92. The van der Waals surface area contributed by atoms with Crippen LogP contribution in [0.1, 0.15) is 0 Å². The fourth-order valence-electron chi connectivity index (χ4n) is 3.11. The number of fused-ring (bicyclic) bond motifs is 1. The molecule has 2 aromatic heterocycles. The molecule has 6 nitrogen and oxygen atoms in total. The van der Waals surface area contributed by atoms with Gasteiger partial charge in [-0.2, -0.15) is 5.21 Å². The molecule has 5 aromatic rings.